The van der Waals surface area contributed by atoms with Gasteiger partial charge in [0.1, 0.15) is 5.75 Å². The van der Waals surface area contributed by atoms with E-state index in [-0.39, 0.29) is 0 Å². The normalized spacial score (nSPS) is 10.8. The lowest BCUT2D eigenvalue weighted by molar-refractivity contribution is 0.344. The van der Waals surface area contributed by atoms with E-state index in [1.54, 1.807) is 11.8 Å². The molecule has 3 aromatic rings. The largest absolute Gasteiger partial charge is 0.493 e. The predicted octanol–water partition coefficient (Wildman–Crippen LogP) is 5.46. The summed E-state index contributed by atoms with van der Waals surface area (Å²) in [6, 6.07) is 15.1. The first-order chi connectivity index (χ1) is 11.7. The highest BCUT2D eigenvalue weighted by molar-refractivity contribution is 9.10. The minimum absolute atomic E-state index is 0.524. The Morgan fingerprint density at radius 3 is 2.67 bits per heavy atom. The van der Waals surface area contributed by atoms with E-state index in [1.807, 2.05) is 48.5 Å². The van der Waals surface area contributed by atoms with Crippen LogP contribution in [0.5, 0.6) is 5.75 Å². The quantitative estimate of drug-likeness (QED) is 0.470. The molecule has 1 heterocycles. The number of ether oxygens (including phenoxy) is 1. The Hall–Kier alpha value is -1.50. The van der Waals surface area contributed by atoms with Crippen LogP contribution in [0, 0.1) is 0 Å². The van der Waals surface area contributed by atoms with Gasteiger partial charge < -0.3 is 9.15 Å². The zero-order valence-electron chi connectivity index (χ0n) is 12.6. The van der Waals surface area contributed by atoms with Gasteiger partial charge in [0.05, 0.1) is 17.9 Å². The fourth-order valence-corrected chi connectivity index (χ4v) is 3.18. The molecule has 0 aliphatic carbocycles. The Bertz CT molecular complexity index is 795. The van der Waals surface area contributed by atoms with Crippen LogP contribution in [0.4, 0.5) is 0 Å². The molecule has 7 heteroatoms. The number of benzene rings is 2. The molecule has 0 aliphatic heterocycles. The van der Waals surface area contributed by atoms with E-state index in [0.717, 1.165) is 21.5 Å². The van der Waals surface area contributed by atoms with Crippen molar-refractivity contribution in [2.24, 2.45) is 0 Å². The molecule has 0 unspecified atom stereocenters. The molecule has 0 bridgehead atoms. The second-order valence-electron chi connectivity index (χ2n) is 4.84. The highest BCUT2D eigenvalue weighted by atomic mass is 79.9. The molecular formula is C17H14BrClN2O2S. The number of hydrogen-bond acceptors (Lipinski definition) is 5. The van der Waals surface area contributed by atoms with Crippen LogP contribution in [-0.4, -0.2) is 22.6 Å². The van der Waals surface area contributed by atoms with Crippen LogP contribution in [0.25, 0.3) is 11.5 Å². The van der Waals surface area contributed by atoms with Gasteiger partial charge in [-0.1, -0.05) is 23.7 Å². The van der Waals surface area contributed by atoms with E-state index in [9.17, 15) is 0 Å². The summed E-state index contributed by atoms with van der Waals surface area (Å²) < 4.78 is 12.3. The number of rotatable bonds is 7. The van der Waals surface area contributed by atoms with Crippen molar-refractivity contribution >= 4 is 39.3 Å². The van der Waals surface area contributed by atoms with Gasteiger partial charge in [0.15, 0.2) is 0 Å². The summed E-state index contributed by atoms with van der Waals surface area (Å²) in [5.41, 5.74) is 0.896. The molecule has 0 fully saturated rings. The number of aromatic nitrogens is 2. The number of halogens is 2. The standard InChI is InChI=1S/C17H14BrClN2O2S/c18-15-4-2-1-3-14(15)17-21-20-16(23-17)11-24-10-9-22-13-7-5-12(19)6-8-13/h1-8H,9-11H2. The zero-order valence-corrected chi connectivity index (χ0v) is 15.8. The second-order valence-corrected chi connectivity index (χ2v) is 7.23. The van der Waals surface area contributed by atoms with Crippen molar-refractivity contribution in [3.8, 4) is 17.2 Å². The molecule has 2 aromatic carbocycles. The maximum absolute atomic E-state index is 5.83. The van der Waals surface area contributed by atoms with Crippen molar-refractivity contribution in [2.45, 2.75) is 5.75 Å². The van der Waals surface area contributed by atoms with E-state index in [4.69, 9.17) is 20.8 Å². The Labute approximate surface area is 157 Å². The van der Waals surface area contributed by atoms with Crippen LogP contribution in [0.3, 0.4) is 0 Å². The average Bonchev–Trinajstić information content (AvgIpc) is 3.05. The van der Waals surface area contributed by atoms with Crippen molar-refractivity contribution in [3.63, 3.8) is 0 Å². The second kappa shape index (κ2) is 8.55. The molecule has 0 N–H and O–H groups in total. The van der Waals surface area contributed by atoms with Gasteiger partial charge in [0, 0.05) is 15.2 Å². The van der Waals surface area contributed by atoms with Gasteiger partial charge in [-0.2, -0.15) is 0 Å². The smallest absolute Gasteiger partial charge is 0.248 e. The molecule has 0 radical (unpaired) electrons. The highest BCUT2D eigenvalue weighted by Crippen LogP contribution is 2.27. The minimum atomic E-state index is 0.524. The van der Waals surface area contributed by atoms with E-state index in [2.05, 4.69) is 26.1 Å². The molecule has 24 heavy (non-hydrogen) atoms. The summed E-state index contributed by atoms with van der Waals surface area (Å²) >= 11 is 11.0. The molecule has 4 nitrogen and oxygen atoms in total. The molecule has 0 aliphatic rings. The third-order valence-corrected chi connectivity index (χ3v) is 4.96. The Balaban J connectivity index is 1.44. The monoisotopic (exact) mass is 424 g/mol. The molecule has 0 saturated heterocycles. The lowest BCUT2D eigenvalue weighted by Crippen LogP contribution is -2.00. The van der Waals surface area contributed by atoms with E-state index < -0.39 is 0 Å². The third-order valence-electron chi connectivity index (χ3n) is 3.11. The fourth-order valence-electron chi connectivity index (χ4n) is 1.96. The zero-order chi connectivity index (χ0) is 16.8. The van der Waals surface area contributed by atoms with Gasteiger partial charge in [-0.25, -0.2) is 0 Å². The van der Waals surface area contributed by atoms with Crippen LogP contribution >= 0.6 is 39.3 Å². The van der Waals surface area contributed by atoms with Crippen LogP contribution in [-0.2, 0) is 5.75 Å². The van der Waals surface area contributed by atoms with Crippen molar-refractivity contribution in [1.82, 2.24) is 10.2 Å². The van der Waals surface area contributed by atoms with E-state index in [0.29, 0.717) is 29.2 Å². The molecule has 3 rings (SSSR count). The highest BCUT2D eigenvalue weighted by Gasteiger charge is 2.11. The van der Waals surface area contributed by atoms with Gasteiger partial charge in [-0.3, -0.25) is 0 Å². The van der Waals surface area contributed by atoms with Gasteiger partial charge >= 0.3 is 0 Å². The summed E-state index contributed by atoms with van der Waals surface area (Å²) in [6.07, 6.45) is 0. The van der Waals surface area contributed by atoms with Crippen LogP contribution in [0.15, 0.2) is 57.4 Å². The van der Waals surface area contributed by atoms with Crippen LogP contribution in [0.2, 0.25) is 5.02 Å². The predicted molar refractivity (Wildman–Crippen MR) is 101 cm³/mol. The lowest BCUT2D eigenvalue weighted by Gasteiger charge is -2.05. The molecule has 0 atom stereocenters. The molecule has 1 aromatic heterocycles. The fraction of sp³-hybridized carbons (Fsp3) is 0.176. The molecule has 0 saturated carbocycles. The summed E-state index contributed by atoms with van der Waals surface area (Å²) in [7, 11) is 0. The molecule has 0 amide bonds. The van der Waals surface area contributed by atoms with Crippen molar-refractivity contribution in [1.29, 1.82) is 0 Å². The lowest BCUT2D eigenvalue weighted by atomic mass is 10.2. The topological polar surface area (TPSA) is 48.2 Å². The van der Waals surface area contributed by atoms with Gasteiger partial charge in [0.25, 0.3) is 0 Å². The first-order valence-corrected chi connectivity index (χ1v) is 9.58. The minimum Gasteiger partial charge on any atom is -0.493 e. The number of hydrogen-bond donors (Lipinski definition) is 0. The third kappa shape index (κ3) is 4.75. The van der Waals surface area contributed by atoms with Gasteiger partial charge in [-0.05, 0) is 52.3 Å². The maximum atomic E-state index is 5.83. The summed E-state index contributed by atoms with van der Waals surface area (Å²) in [4.78, 5) is 0. The number of nitrogens with zero attached hydrogens (tertiary/aromatic N) is 2. The maximum Gasteiger partial charge on any atom is 0.248 e. The van der Waals surface area contributed by atoms with E-state index >= 15 is 0 Å². The van der Waals surface area contributed by atoms with Crippen molar-refractivity contribution < 1.29 is 9.15 Å². The summed E-state index contributed by atoms with van der Waals surface area (Å²) in [5.74, 6) is 3.43. The Kier molecular flexibility index (Phi) is 6.18. The van der Waals surface area contributed by atoms with Gasteiger partial charge in [0.2, 0.25) is 11.8 Å². The molecular weight excluding hydrogens is 412 g/mol. The molecule has 124 valence electrons. The number of thioether (sulfide) groups is 1. The SMILES string of the molecule is Clc1ccc(OCCSCc2nnc(-c3ccccc3Br)o2)cc1. The van der Waals surface area contributed by atoms with Crippen molar-refractivity contribution in [3.05, 3.63) is 63.9 Å². The molecule has 0 spiro atoms. The average molecular weight is 426 g/mol. The first kappa shape index (κ1) is 17.3. The van der Waals surface area contributed by atoms with Crippen LogP contribution in [0.1, 0.15) is 5.89 Å². The Morgan fingerprint density at radius 1 is 1.08 bits per heavy atom. The summed E-state index contributed by atoms with van der Waals surface area (Å²) in [5, 5.41) is 8.89. The van der Waals surface area contributed by atoms with Crippen LogP contribution < -0.4 is 4.74 Å². The van der Waals surface area contributed by atoms with Crippen molar-refractivity contribution in [2.75, 3.05) is 12.4 Å². The van der Waals surface area contributed by atoms with E-state index in [1.165, 1.54) is 0 Å². The summed E-state index contributed by atoms with van der Waals surface area (Å²) in [6.45, 7) is 0.609. The van der Waals surface area contributed by atoms with Gasteiger partial charge in [-0.15, -0.1) is 22.0 Å². The first-order valence-electron chi connectivity index (χ1n) is 7.26. The Morgan fingerprint density at radius 2 is 1.88 bits per heavy atom.